The zero-order valence-electron chi connectivity index (χ0n) is 9.30. The molecule has 1 aromatic rings. The maximum Gasteiger partial charge on any atom is 0.314 e. The molecule has 0 radical (unpaired) electrons. The predicted octanol–water partition coefficient (Wildman–Crippen LogP) is 3.10. The van der Waals surface area contributed by atoms with Gasteiger partial charge in [-0.1, -0.05) is 6.42 Å². The molecule has 5 heteroatoms. The van der Waals surface area contributed by atoms with Crippen molar-refractivity contribution < 1.29 is 19.0 Å². The molecule has 1 saturated carbocycles. The van der Waals surface area contributed by atoms with Crippen LogP contribution in [0.4, 0.5) is 4.39 Å². The molecule has 2 rings (SSSR count). The van der Waals surface area contributed by atoms with Gasteiger partial charge in [0.15, 0.2) is 0 Å². The summed E-state index contributed by atoms with van der Waals surface area (Å²) in [5.74, 6) is -1.11. The number of ether oxygens (including phenoxy) is 1. The van der Waals surface area contributed by atoms with Gasteiger partial charge in [-0.15, -0.1) is 0 Å². The van der Waals surface area contributed by atoms with Crippen molar-refractivity contribution in [3.05, 3.63) is 28.0 Å². The van der Waals surface area contributed by atoms with Crippen molar-refractivity contribution in [3.63, 3.8) is 0 Å². The molecular weight excluding hydrogens is 291 g/mol. The van der Waals surface area contributed by atoms with Crippen LogP contribution in [0.15, 0.2) is 16.6 Å². The van der Waals surface area contributed by atoms with E-state index in [1.807, 2.05) is 0 Å². The number of carbonyl (C=O) groups is 1. The Morgan fingerprint density at radius 1 is 1.53 bits per heavy atom. The molecule has 0 aliphatic heterocycles. The lowest BCUT2D eigenvalue weighted by atomic mass is 9.64. The van der Waals surface area contributed by atoms with Crippen LogP contribution >= 0.6 is 15.9 Å². The Morgan fingerprint density at radius 3 is 2.59 bits per heavy atom. The number of rotatable bonds is 3. The molecule has 0 aromatic heterocycles. The number of carboxylic acid groups (broad SMARTS) is 1. The second-order valence-electron chi connectivity index (χ2n) is 4.21. The number of hydrogen-bond donors (Lipinski definition) is 1. The Kier molecular flexibility index (Phi) is 3.12. The van der Waals surface area contributed by atoms with Gasteiger partial charge in [0.1, 0.15) is 11.6 Å². The van der Waals surface area contributed by atoms with E-state index >= 15 is 0 Å². The van der Waals surface area contributed by atoms with Crippen molar-refractivity contribution in [2.24, 2.45) is 0 Å². The average molecular weight is 303 g/mol. The van der Waals surface area contributed by atoms with Crippen LogP contribution in [0.25, 0.3) is 0 Å². The van der Waals surface area contributed by atoms with Crippen molar-refractivity contribution in [1.82, 2.24) is 0 Å². The number of carboxylic acids is 1. The van der Waals surface area contributed by atoms with E-state index in [4.69, 9.17) is 4.74 Å². The third-order valence-electron chi connectivity index (χ3n) is 3.37. The molecular formula is C12H12BrFO3. The van der Waals surface area contributed by atoms with E-state index in [1.165, 1.54) is 19.2 Å². The second-order valence-corrected chi connectivity index (χ2v) is 5.06. The van der Waals surface area contributed by atoms with Gasteiger partial charge in [-0.3, -0.25) is 4.79 Å². The highest BCUT2D eigenvalue weighted by atomic mass is 79.9. The molecule has 0 heterocycles. The van der Waals surface area contributed by atoms with Gasteiger partial charge in [0.2, 0.25) is 0 Å². The Hall–Kier alpha value is -1.10. The molecule has 1 aliphatic rings. The smallest absolute Gasteiger partial charge is 0.314 e. The van der Waals surface area contributed by atoms with E-state index in [1.54, 1.807) is 0 Å². The van der Waals surface area contributed by atoms with Crippen LogP contribution in [0, 0.1) is 5.82 Å². The minimum atomic E-state index is -1.06. The first-order chi connectivity index (χ1) is 8.01. The minimum Gasteiger partial charge on any atom is -0.495 e. The largest absolute Gasteiger partial charge is 0.495 e. The van der Waals surface area contributed by atoms with Crippen LogP contribution in [-0.2, 0) is 10.2 Å². The van der Waals surface area contributed by atoms with E-state index in [2.05, 4.69) is 15.9 Å². The van der Waals surface area contributed by atoms with Crippen molar-refractivity contribution in [1.29, 1.82) is 0 Å². The van der Waals surface area contributed by atoms with Gasteiger partial charge in [0.05, 0.1) is 17.0 Å². The van der Waals surface area contributed by atoms with Gasteiger partial charge in [-0.2, -0.15) is 0 Å². The molecule has 1 N–H and O–H groups in total. The normalized spacial score (nSPS) is 17.4. The summed E-state index contributed by atoms with van der Waals surface area (Å²) in [6.07, 6.45) is 1.78. The highest BCUT2D eigenvalue weighted by molar-refractivity contribution is 9.10. The van der Waals surface area contributed by atoms with Gasteiger partial charge >= 0.3 is 5.97 Å². The summed E-state index contributed by atoms with van der Waals surface area (Å²) in [7, 11) is 1.44. The van der Waals surface area contributed by atoms with E-state index in [9.17, 15) is 14.3 Å². The monoisotopic (exact) mass is 302 g/mol. The summed E-state index contributed by atoms with van der Waals surface area (Å²) in [5.41, 5.74) is -0.817. The van der Waals surface area contributed by atoms with Gasteiger partial charge in [0, 0.05) is 11.6 Å². The highest BCUT2D eigenvalue weighted by Gasteiger charge is 2.47. The highest BCUT2D eigenvalue weighted by Crippen LogP contribution is 2.46. The van der Waals surface area contributed by atoms with Gasteiger partial charge < -0.3 is 9.84 Å². The molecule has 0 bridgehead atoms. The van der Waals surface area contributed by atoms with Gasteiger partial charge in [0.25, 0.3) is 0 Å². The Bertz CT molecular complexity index is 469. The summed E-state index contributed by atoms with van der Waals surface area (Å²) in [6.45, 7) is 0. The maximum atomic E-state index is 13.9. The summed E-state index contributed by atoms with van der Waals surface area (Å²) in [6, 6.07) is 2.74. The quantitative estimate of drug-likeness (QED) is 0.933. The summed E-state index contributed by atoms with van der Waals surface area (Å²) in [5, 5.41) is 9.27. The lowest BCUT2D eigenvalue weighted by Crippen LogP contribution is -2.43. The second kappa shape index (κ2) is 4.29. The predicted molar refractivity (Wildman–Crippen MR) is 63.8 cm³/mol. The third kappa shape index (κ3) is 1.82. The molecule has 0 atom stereocenters. The molecule has 17 heavy (non-hydrogen) atoms. The Balaban J connectivity index is 2.52. The van der Waals surface area contributed by atoms with E-state index in [0.29, 0.717) is 23.1 Å². The lowest BCUT2D eigenvalue weighted by molar-refractivity contribution is -0.147. The molecule has 1 aromatic carbocycles. The van der Waals surface area contributed by atoms with Crippen LogP contribution in [0.5, 0.6) is 5.75 Å². The van der Waals surface area contributed by atoms with Crippen molar-refractivity contribution in [2.75, 3.05) is 7.11 Å². The molecule has 1 aliphatic carbocycles. The third-order valence-corrected chi connectivity index (χ3v) is 3.99. The average Bonchev–Trinajstić information content (AvgIpc) is 2.20. The first-order valence-electron chi connectivity index (χ1n) is 5.28. The topological polar surface area (TPSA) is 46.5 Å². The summed E-state index contributed by atoms with van der Waals surface area (Å²) < 4.78 is 19.5. The fraction of sp³-hybridized carbons (Fsp3) is 0.417. The number of halogens is 2. The SMILES string of the molecule is COc1cc(F)c(C2(C(=O)O)CCC2)cc1Br. The number of benzene rings is 1. The zero-order chi connectivity index (χ0) is 12.6. The van der Waals surface area contributed by atoms with Crippen LogP contribution < -0.4 is 4.74 Å². The minimum absolute atomic E-state index is 0.240. The summed E-state index contributed by atoms with van der Waals surface area (Å²) >= 11 is 3.25. The van der Waals surface area contributed by atoms with Crippen LogP contribution in [-0.4, -0.2) is 18.2 Å². The fourth-order valence-corrected chi connectivity index (χ4v) is 2.69. The van der Waals surface area contributed by atoms with Crippen LogP contribution in [0.1, 0.15) is 24.8 Å². The molecule has 0 spiro atoms. The molecule has 3 nitrogen and oxygen atoms in total. The standard InChI is InChI=1S/C12H12BrFO3/c1-17-10-6-9(14)7(5-8(10)13)12(11(15)16)3-2-4-12/h5-6H,2-4H2,1H3,(H,15,16). The van der Waals surface area contributed by atoms with Gasteiger partial charge in [-0.25, -0.2) is 4.39 Å². The fourth-order valence-electron chi connectivity index (χ4n) is 2.18. The van der Waals surface area contributed by atoms with E-state index < -0.39 is 17.2 Å². The Morgan fingerprint density at radius 2 is 2.18 bits per heavy atom. The number of methoxy groups -OCH3 is 1. The van der Waals surface area contributed by atoms with Crippen molar-refractivity contribution in [2.45, 2.75) is 24.7 Å². The number of aliphatic carboxylic acids is 1. The zero-order valence-corrected chi connectivity index (χ0v) is 10.9. The Labute approximate surface area is 107 Å². The van der Waals surface area contributed by atoms with E-state index in [-0.39, 0.29) is 5.56 Å². The maximum absolute atomic E-state index is 13.9. The molecule has 1 fully saturated rings. The molecule has 0 saturated heterocycles. The number of hydrogen-bond acceptors (Lipinski definition) is 2. The first-order valence-corrected chi connectivity index (χ1v) is 6.07. The lowest BCUT2D eigenvalue weighted by Gasteiger charge is -2.38. The molecule has 92 valence electrons. The van der Waals surface area contributed by atoms with Gasteiger partial charge in [-0.05, 0) is 34.8 Å². The molecule has 0 amide bonds. The van der Waals surface area contributed by atoms with Crippen molar-refractivity contribution in [3.8, 4) is 5.75 Å². The first kappa shape index (κ1) is 12.4. The van der Waals surface area contributed by atoms with Crippen LogP contribution in [0.2, 0.25) is 0 Å². The van der Waals surface area contributed by atoms with Crippen LogP contribution in [0.3, 0.4) is 0 Å². The van der Waals surface area contributed by atoms with Crippen molar-refractivity contribution >= 4 is 21.9 Å². The summed E-state index contributed by atoms with van der Waals surface area (Å²) in [4.78, 5) is 11.3. The van der Waals surface area contributed by atoms with E-state index in [0.717, 1.165) is 6.42 Å². The molecule has 0 unspecified atom stereocenters.